The van der Waals surface area contributed by atoms with E-state index in [1.54, 1.807) is 13.2 Å². The van der Waals surface area contributed by atoms with Gasteiger partial charge in [0, 0.05) is 12.1 Å². The van der Waals surface area contributed by atoms with Crippen molar-refractivity contribution in [2.75, 3.05) is 7.11 Å². The summed E-state index contributed by atoms with van der Waals surface area (Å²) in [5, 5.41) is 12.0. The third kappa shape index (κ3) is 4.80. The van der Waals surface area contributed by atoms with E-state index in [4.69, 9.17) is 14.2 Å². The molecule has 0 atom stereocenters. The fourth-order valence-corrected chi connectivity index (χ4v) is 5.49. The minimum atomic E-state index is -0.422. The van der Waals surface area contributed by atoms with Gasteiger partial charge in [-0.1, -0.05) is 46.9 Å². The highest BCUT2D eigenvalue weighted by Crippen LogP contribution is 2.36. The third-order valence-corrected chi connectivity index (χ3v) is 7.36. The molecule has 8 nitrogen and oxygen atoms in total. The van der Waals surface area contributed by atoms with Crippen LogP contribution in [-0.2, 0) is 0 Å². The Morgan fingerprint density at radius 1 is 0.703 bits per heavy atom. The maximum atomic E-state index is 11.0. The number of nitro groups is 1. The van der Waals surface area contributed by atoms with Crippen molar-refractivity contribution in [2.45, 2.75) is 0 Å². The average Bonchev–Trinajstić information content (AvgIpc) is 3.50. The maximum Gasteiger partial charge on any atom is 0.279 e. The highest BCUT2D eigenvalue weighted by Gasteiger charge is 2.12. The molecular weight excluding hydrogens is 510 g/mol. The molecule has 0 bridgehead atoms. The average molecular weight is 528 g/mol. The molecule has 10 heteroatoms. The van der Waals surface area contributed by atoms with E-state index in [9.17, 15) is 10.1 Å². The second-order valence-electron chi connectivity index (χ2n) is 7.96. The molecule has 0 aliphatic carbocycles. The van der Waals surface area contributed by atoms with Crippen molar-refractivity contribution in [3.63, 3.8) is 0 Å². The van der Waals surface area contributed by atoms with Gasteiger partial charge in [0.1, 0.15) is 17.2 Å². The summed E-state index contributed by atoms with van der Waals surface area (Å²) in [4.78, 5) is 19.5. The number of hydrogen-bond donors (Lipinski definition) is 0. The van der Waals surface area contributed by atoms with E-state index in [1.165, 1.54) is 34.8 Å². The van der Waals surface area contributed by atoms with Crippen LogP contribution in [0.4, 0.5) is 5.69 Å². The monoisotopic (exact) mass is 527 g/mol. The molecule has 0 radical (unpaired) electrons. The van der Waals surface area contributed by atoms with Gasteiger partial charge in [-0.2, -0.15) is 0 Å². The van der Waals surface area contributed by atoms with Crippen LogP contribution in [-0.4, -0.2) is 22.0 Å². The van der Waals surface area contributed by atoms with Gasteiger partial charge in [-0.15, -0.1) is 0 Å². The van der Waals surface area contributed by atoms with Gasteiger partial charge in [-0.05, 0) is 59.7 Å². The second-order valence-corrected chi connectivity index (χ2v) is 9.95. The minimum Gasteiger partial charge on any atom is -0.497 e. The van der Waals surface area contributed by atoms with E-state index >= 15 is 0 Å². The zero-order valence-electron chi connectivity index (χ0n) is 19.3. The van der Waals surface area contributed by atoms with Crippen LogP contribution in [0.1, 0.15) is 0 Å². The molecule has 0 amide bonds. The molecule has 0 saturated carbocycles. The standard InChI is InChI=1S/C27H17N3O5S2/c1-33-20-10-12-23-25(15-20)37-27(29-23)35-21-4-2-3-17(13-21)16-5-8-19(9-6-16)34-26-28-22-11-7-18(30(31)32)14-24(22)36-26/h2-15H,1H3. The molecule has 0 spiro atoms. The molecule has 0 unspecified atom stereocenters. The number of fused-ring (bicyclic) bond motifs is 2. The summed E-state index contributed by atoms with van der Waals surface area (Å²) >= 11 is 2.73. The number of nitro benzene ring substituents is 1. The summed E-state index contributed by atoms with van der Waals surface area (Å²) in [6.07, 6.45) is 0. The molecule has 2 heterocycles. The van der Waals surface area contributed by atoms with Gasteiger partial charge in [0.15, 0.2) is 0 Å². The molecule has 182 valence electrons. The van der Waals surface area contributed by atoms with E-state index in [2.05, 4.69) is 9.97 Å². The first kappa shape index (κ1) is 22.9. The van der Waals surface area contributed by atoms with Crippen molar-refractivity contribution in [2.24, 2.45) is 0 Å². The van der Waals surface area contributed by atoms with Crippen LogP contribution in [0, 0.1) is 10.1 Å². The number of rotatable bonds is 7. The highest BCUT2D eigenvalue weighted by molar-refractivity contribution is 7.20. The minimum absolute atomic E-state index is 0.0293. The summed E-state index contributed by atoms with van der Waals surface area (Å²) in [5.74, 6) is 2.09. The Morgan fingerprint density at radius 2 is 1.35 bits per heavy atom. The molecule has 2 aromatic heterocycles. The van der Waals surface area contributed by atoms with Crippen molar-refractivity contribution < 1.29 is 19.1 Å². The van der Waals surface area contributed by atoms with Crippen molar-refractivity contribution in [3.05, 3.63) is 95.0 Å². The Kier molecular flexibility index (Phi) is 5.87. The lowest BCUT2D eigenvalue weighted by atomic mass is 10.1. The normalized spacial score (nSPS) is 11.1. The zero-order chi connectivity index (χ0) is 25.4. The third-order valence-electron chi connectivity index (χ3n) is 5.57. The summed E-state index contributed by atoms with van der Waals surface area (Å²) in [5.41, 5.74) is 3.53. The lowest BCUT2D eigenvalue weighted by Crippen LogP contribution is -1.86. The van der Waals surface area contributed by atoms with Crippen LogP contribution >= 0.6 is 22.7 Å². The molecule has 37 heavy (non-hydrogen) atoms. The van der Waals surface area contributed by atoms with E-state index < -0.39 is 4.92 Å². The van der Waals surface area contributed by atoms with Gasteiger partial charge in [0.05, 0.1) is 32.5 Å². The molecule has 6 rings (SSSR count). The number of ether oxygens (including phenoxy) is 3. The molecule has 0 N–H and O–H groups in total. The smallest absolute Gasteiger partial charge is 0.279 e. The molecule has 0 fully saturated rings. The number of methoxy groups -OCH3 is 1. The topological polar surface area (TPSA) is 96.6 Å². The number of non-ortho nitro benzene ring substituents is 1. The Morgan fingerprint density at radius 3 is 2.05 bits per heavy atom. The Hall–Kier alpha value is -4.54. The van der Waals surface area contributed by atoms with Gasteiger partial charge in [0.2, 0.25) is 0 Å². The number of nitrogens with zero attached hydrogens (tertiary/aromatic N) is 3. The molecule has 0 aliphatic heterocycles. The fraction of sp³-hybridized carbons (Fsp3) is 0.0370. The first-order valence-corrected chi connectivity index (χ1v) is 12.7. The maximum absolute atomic E-state index is 11.0. The van der Waals surface area contributed by atoms with Crippen molar-refractivity contribution >= 4 is 48.8 Å². The van der Waals surface area contributed by atoms with Crippen LogP contribution in [0.3, 0.4) is 0 Å². The van der Waals surface area contributed by atoms with Crippen molar-refractivity contribution in [3.8, 4) is 38.8 Å². The van der Waals surface area contributed by atoms with Crippen molar-refractivity contribution in [1.29, 1.82) is 0 Å². The number of benzene rings is 4. The van der Waals surface area contributed by atoms with Crippen LogP contribution in [0.15, 0.2) is 84.9 Å². The molecule has 4 aromatic carbocycles. The zero-order valence-corrected chi connectivity index (χ0v) is 20.9. The summed E-state index contributed by atoms with van der Waals surface area (Å²) in [6.45, 7) is 0. The number of thiazole rings is 2. The predicted molar refractivity (Wildman–Crippen MR) is 144 cm³/mol. The number of hydrogen-bond acceptors (Lipinski definition) is 9. The largest absolute Gasteiger partial charge is 0.497 e. The number of aromatic nitrogens is 2. The van der Waals surface area contributed by atoms with Gasteiger partial charge < -0.3 is 14.2 Å². The SMILES string of the molecule is COc1ccc2nc(Oc3cccc(-c4ccc(Oc5nc6ccc([N+](=O)[O-])cc6s5)cc4)c3)sc2c1. The predicted octanol–water partition coefficient (Wildman–Crippen LogP) is 8.07. The van der Waals surface area contributed by atoms with Crippen molar-refractivity contribution in [1.82, 2.24) is 9.97 Å². The van der Waals surface area contributed by atoms with Crippen LogP contribution in [0.25, 0.3) is 31.6 Å². The quantitative estimate of drug-likeness (QED) is 0.153. The van der Waals surface area contributed by atoms with E-state index in [0.29, 0.717) is 32.1 Å². The van der Waals surface area contributed by atoms with Crippen LogP contribution in [0.2, 0.25) is 0 Å². The van der Waals surface area contributed by atoms with Gasteiger partial charge >= 0.3 is 0 Å². The molecule has 6 aromatic rings. The van der Waals surface area contributed by atoms with E-state index in [-0.39, 0.29) is 5.69 Å². The Labute approximate surface area is 218 Å². The first-order valence-electron chi connectivity index (χ1n) is 11.1. The van der Waals surface area contributed by atoms with Gasteiger partial charge in [-0.3, -0.25) is 10.1 Å². The van der Waals surface area contributed by atoms with E-state index in [1.807, 2.05) is 66.7 Å². The lowest BCUT2D eigenvalue weighted by molar-refractivity contribution is -0.384. The Balaban J connectivity index is 1.18. The van der Waals surface area contributed by atoms with Crippen LogP contribution < -0.4 is 14.2 Å². The first-order chi connectivity index (χ1) is 18.0. The van der Waals surface area contributed by atoms with E-state index in [0.717, 1.165) is 27.1 Å². The summed E-state index contributed by atoms with van der Waals surface area (Å²) < 4.78 is 18.9. The van der Waals surface area contributed by atoms with Crippen LogP contribution in [0.5, 0.6) is 27.6 Å². The molecule has 0 saturated heterocycles. The summed E-state index contributed by atoms with van der Waals surface area (Å²) in [6, 6.07) is 25.7. The van der Waals surface area contributed by atoms with Gasteiger partial charge in [-0.25, -0.2) is 9.97 Å². The van der Waals surface area contributed by atoms with Gasteiger partial charge in [0.25, 0.3) is 16.1 Å². The summed E-state index contributed by atoms with van der Waals surface area (Å²) in [7, 11) is 1.64. The second kappa shape index (κ2) is 9.49. The Bertz CT molecular complexity index is 1760. The fourth-order valence-electron chi connectivity index (χ4n) is 3.76. The highest BCUT2D eigenvalue weighted by atomic mass is 32.1. The molecule has 0 aliphatic rings. The lowest BCUT2D eigenvalue weighted by Gasteiger charge is -2.07. The molecular formula is C27H17N3O5S2.